The van der Waals surface area contributed by atoms with E-state index in [4.69, 9.17) is 0 Å². The van der Waals surface area contributed by atoms with Gasteiger partial charge in [-0.25, -0.2) is 4.79 Å². The average Bonchev–Trinajstić information content (AvgIpc) is 2.39. The van der Waals surface area contributed by atoms with Gasteiger partial charge in [-0.15, -0.1) is 0 Å². The van der Waals surface area contributed by atoms with Gasteiger partial charge >= 0.3 is 6.03 Å². The second kappa shape index (κ2) is 9.18. The molecule has 0 aromatic carbocycles. The summed E-state index contributed by atoms with van der Waals surface area (Å²) in [6, 6.07) is 0.506. The van der Waals surface area contributed by atoms with Crippen molar-refractivity contribution in [3.05, 3.63) is 0 Å². The molecule has 4 nitrogen and oxygen atoms in total. The molecular weight excluding hydrogens is 240 g/mol. The zero-order chi connectivity index (χ0) is 14.1. The summed E-state index contributed by atoms with van der Waals surface area (Å²) in [6.07, 6.45) is 8.79. The van der Waals surface area contributed by atoms with E-state index < -0.39 is 0 Å². The third-order valence-corrected chi connectivity index (χ3v) is 3.91. The first kappa shape index (κ1) is 16.3. The molecule has 2 amide bonds. The number of rotatable bonds is 7. The first-order chi connectivity index (χ1) is 9.15. The minimum Gasteiger partial charge on any atom is -0.393 e. The van der Waals surface area contributed by atoms with Gasteiger partial charge in [0.05, 0.1) is 6.10 Å². The van der Waals surface area contributed by atoms with E-state index in [1.165, 1.54) is 12.8 Å². The molecule has 0 aromatic rings. The van der Waals surface area contributed by atoms with Gasteiger partial charge in [-0.05, 0) is 38.5 Å². The van der Waals surface area contributed by atoms with Crippen LogP contribution in [-0.2, 0) is 0 Å². The fourth-order valence-corrected chi connectivity index (χ4v) is 2.72. The molecule has 1 aliphatic carbocycles. The summed E-state index contributed by atoms with van der Waals surface area (Å²) in [5.74, 6) is 0. The van der Waals surface area contributed by atoms with Crippen molar-refractivity contribution in [2.24, 2.45) is 0 Å². The van der Waals surface area contributed by atoms with Crippen molar-refractivity contribution < 1.29 is 9.90 Å². The smallest absolute Gasteiger partial charge is 0.315 e. The minimum absolute atomic E-state index is 0.0315. The average molecular weight is 270 g/mol. The fourth-order valence-electron chi connectivity index (χ4n) is 2.72. The second-order valence-corrected chi connectivity index (χ2v) is 5.75. The van der Waals surface area contributed by atoms with Gasteiger partial charge in [-0.2, -0.15) is 0 Å². The van der Waals surface area contributed by atoms with Crippen molar-refractivity contribution in [2.75, 3.05) is 0 Å². The maximum Gasteiger partial charge on any atom is 0.315 e. The lowest BCUT2D eigenvalue weighted by molar-refractivity contribution is 0.117. The van der Waals surface area contributed by atoms with E-state index in [1.54, 1.807) is 0 Å². The van der Waals surface area contributed by atoms with Crippen LogP contribution in [0.5, 0.6) is 0 Å². The van der Waals surface area contributed by atoms with Crippen molar-refractivity contribution in [2.45, 2.75) is 89.8 Å². The van der Waals surface area contributed by atoms with Crippen molar-refractivity contribution in [1.82, 2.24) is 10.6 Å². The molecule has 1 fully saturated rings. The maximum atomic E-state index is 12.0. The molecule has 1 unspecified atom stereocenters. The van der Waals surface area contributed by atoms with E-state index in [0.29, 0.717) is 6.04 Å². The topological polar surface area (TPSA) is 61.4 Å². The molecule has 0 aliphatic heterocycles. The highest BCUT2D eigenvalue weighted by Crippen LogP contribution is 2.18. The van der Waals surface area contributed by atoms with Crippen LogP contribution in [0, 0.1) is 0 Å². The molecule has 0 heterocycles. The number of urea groups is 1. The standard InChI is InChI=1S/C15H30N2O2/c1-3-5-7-12(6-4-2)16-15(19)17-13-8-10-14(18)11-9-13/h12-14,18H,3-11H2,1-2H3,(H2,16,17,19). The van der Waals surface area contributed by atoms with Gasteiger partial charge in [0.15, 0.2) is 0 Å². The van der Waals surface area contributed by atoms with E-state index in [0.717, 1.165) is 44.9 Å². The Morgan fingerprint density at radius 2 is 1.84 bits per heavy atom. The van der Waals surface area contributed by atoms with Crippen LogP contribution < -0.4 is 10.6 Å². The molecule has 3 N–H and O–H groups in total. The highest BCUT2D eigenvalue weighted by molar-refractivity contribution is 5.74. The lowest BCUT2D eigenvalue weighted by Gasteiger charge is -2.27. The van der Waals surface area contributed by atoms with Gasteiger partial charge in [0.25, 0.3) is 0 Å². The predicted molar refractivity (Wildman–Crippen MR) is 78.2 cm³/mol. The van der Waals surface area contributed by atoms with E-state index in [2.05, 4.69) is 24.5 Å². The summed E-state index contributed by atoms with van der Waals surface area (Å²) in [7, 11) is 0. The molecule has 19 heavy (non-hydrogen) atoms. The van der Waals surface area contributed by atoms with Crippen molar-refractivity contribution in [3.8, 4) is 0 Å². The Morgan fingerprint density at radius 3 is 2.42 bits per heavy atom. The number of nitrogens with one attached hydrogen (secondary N) is 2. The number of carbonyl (C=O) groups excluding carboxylic acids is 1. The zero-order valence-corrected chi connectivity index (χ0v) is 12.5. The number of hydrogen-bond acceptors (Lipinski definition) is 2. The van der Waals surface area contributed by atoms with Crippen LogP contribution in [0.25, 0.3) is 0 Å². The van der Waals surface area contributed by atoms with Crippen molar-refractivity contribution >= 4 is 6.03 Å². The quantitative estimate of drug-likeness (QED) is 0.666. The van der Waals surface area contributed by atoms with Crippen LogP contribution in [0.1, 0.15) is 71.6 Å². The Labute approximate surface area is 117 Å². The minimum atomic E-state index is -0.168. The molecule has 112 valence electrons. The number of aliphatic hydroxyl groups is 1. The molecule has 1 saturated carbocycles. The maximum absolute atomic E-state index is 12.0. The van der Waals surface area contributed by atoms with Crippen molar-refractivity contribution in [1.29, 1.82) is 0 Å². The molecule has 0 saturated heterocycles. The van der Waals surface area contributed by atoms with Crippen LogP contribution in [0.3, 0.4) is 0 Å². The fraction of sp³-hybridized carbons (Fsp3) is 0.933. The SMILES string of the molecule is CCCCC(CCC)NC(=O)NC1CCC(O)CC1. The molecule has 0 aromatic heterocycles. The summed E-state index contributed by atoms with van der Waals surface area (Å²) in [5, 5.41) is 15.6. The highest BCUT2D eigenvalue weighted by Gasteiger charge is 2.21. The molecule has 0 radical (unpaired) electrons. The first-order valence-electron chi connectivity index (χ1n) is 7.90. The number of amides is 2. The van der Waals surface area contributed by atoms with E-state index in [1.807, 2.05) is 0 Å². The number of hydrogen-bond donors (Lipinski definition) is 3. The van der Waals surface area contributed by atoms with E-state index >= 15 is 0 Å². The van der Waals surface area contributed by atoms with Gasteiger partial charge in [0, 0.05) is 12.1 Å². The summed E-state index contributed by atoms with van der Waals surface area (Å²) in [5.41, 5.74) is 0. The molecule has 0 spiro atoms. The van der Waals surface area contributed by atoms with Gasteiger partial charge in [-0.1, -0.05) is 33.1 Å². The molecule has 1 rings (SSSR count). The number of unbranched alkanes of at least 4 members (excludes halogenated alkanes) is 1. The van der Waals surface area contributed by atoms with Crippen LogP contribution in [0.2, 0.25) is 0 Å². The van der Waals surface area contributed by atoms with Crippen LogP contribution in [0.4, 0.5) is 4.79 Å². The molecule has 4 heteroatoms. The Bertz CT molecular complexity index is 251. The Morgan fingerprint density at radius 1 is 1.16 bits per heavy atom. The summed E-state index contributed by atoms with van der Waals surface area (Å²) < 4.78 is 0. The molecule has 1 atom stereocenters. The zero-order valence-electron chi connectivity index (χ0n) is 12.5. The molecular formula is C15H30N2O2. The van der Waals surface area contributed by atoms with E-state index in [-0.39, 0.29) is 18.2 Å². The molecule has 1 aliphatic rings. The Balaban J connectivity index is 2.27. The number of carbonyl (C=O) groups is 1. The number of aliphatic hydroxyl groups excluding tert-OH is 1. The highest BCUT2D eigenvalue weighted by atomic mass is 16.3. The third kappa shape index (κ3) is 6.81. The third-order valence-electron chi connectivity index (χ3n) is 3.91. The predicted octanol–water partition coefficient (Wildman–Crippen LogP) is 2.95. The first-order valence-corrected chi connectivity index (χ1v) is 7.90. The lowest BCUT2D eigenvalue weighted by atomic mass is 9.93. The van der Waals surface area contributed by atoms with Gasteiger partial charge in [-0.3, -0.25) is 0 Å². The van der Waals surface area contributed by atoms with Crippen LogP contribution in [0.15, 0.2) is 0 Å². The van der Waals surface area contributed by atoms with E-state index in [9.17, 15) is 9.90 Å². The second-order valence-electron chi connectivity index (χ2n) is 5.75. The summed E-state index contributed by atoms with van der Waals surface area (Å²) in [4.78, 5) is 12.0. The largest absolute Gasteiger partial charge is 0.393 e. The van der Waals surface area contributed by atoms with Crippen LogP contribution >= 0.6 is 0 Å². The lowest BCUT2D eigenvalue weighted by Crippen LogP contribution is -2.47. The normalized spacial score (nSPS) is 24.8. The van der Waals surface area contributed by atoms with Crippen molar-refractivity contribution in [3.63, 3.8) is 0 Å². The monoisotopic (exact) mass is 270 g/mol. The van der Waals surface area contributed by atoms with Gasteiger partial charge in [0.2, 0.25) is 0 Å². The Hall–Kier alpha value is -0.770. The van der Waals surface area contributed by atoms with Gasteiger partial charge < -0.3 is 15.7 Å². The van der Waals surface area contributed by atoms with Gasteiger partial charge in [0.1, 0.15) is 0 Å². The van der Waals surface area contributed by atoms with Crippen LogP contribution in [-0.4, -0.2) is 29.3 Å². The molecule has 0 bridgehead atoms. The summed E-state index contributed by atoms with van der Waals surface area (Å²) >= 11 is 0. The Kier molecular flexibility index (Phi) is 7.87. The summed E-state index contributed by atoms with van der Waals surface area (Å²) in [6.45, 7) is 4.33.